The monoisotopic (exact) mass is 202 g/mol. The number of likely N-dealkylation sites (tertiary alicyclic amines) is 1. The lowest BCUT2D eigenvalue weighted by molar-refractivity contribution is -0.136. The molecule has 0 aromatic carbocycles. The minimum Gasteiger partial charge on any atom is -0.338 e. The van der Waals surface area contributed by atoms with Crippen molar-refractivity contribution in [3.8, 4) is 0 Å². The van der Waals surface area contributed by atoms with Gasteiger partial charge in [0.25, 0.3) is 0 Å². The summed E-state index contributed by atoms with van der Waals surface area (Å²) in [6.07, 6.45) is 3.96. The molecule has 3 nitrogen and oxygen atoms in total. The number of nitrogens with two attached hydrogens (primary N) is 1. The van der Waals surface area contributed by atoms with Crippen LogP contribution in [0.4, 0.5) is 0 Å². The molecule has 0 aliphatic carbocycles. The van der Waals surface area contributed by atoms with Gasteiger partial charge in [-0.1, -0.05) is 0 Å². The highest BCUT2D eigenvalue weighted by molar-refractivity contribution is 7.98. The Morgan fingerprint density at radius 2 is 2.46 bits per heavy atom. The van der Waals surface area contributed by atoms with E-state index in [9.17, 15) is 4.79 Å². The highest BCUT2D eigenvalue weighted by Gasteiger charge is 2.28. The summed E-state index contributed by atoms with van der Waals surface area (Å²) in [6.45, 7) is 2.97. The van der Waals surface area contributed by atoms with Gasteiger partial charge in [-0.25, -0.2) is 0 Å². The third-order valence-corrected chi connectivity index (χ3v) is 3.27. The number of rotatable bonds is 3. The van der Waals surface area contributed by atoms with Gasteiger partial charge < -0.3 is 10.6 Å². The predicted molar refractivity (Wildman–Crippen MR) is 56.8 cm³/mol. The fourth-order valence-corrected chi connectivity index (χ4v) is 2.36. The highest BCUT2D eigenvalue weighted by Crippen LogP contribution is 2.15. The van der Waals surface area contributed by atoms with Crippen molar-refractivity contribution in [2.24, 2.45) is 5.73 Å². The molecule has 0 aromatic rings. The zero-order valence-electron chi connectivity index (χ0n) is 8.32. The Balaban J connectivity index is 2.52. The largest absolute Gasteiger partial charge is 0.338 e. The van der Waals surface area contributed by atoms with Gasteiger partial charge in [0.1, 0.15) is 0 Å². The summed E-state index contributed by atoms with van der Waals surface area (Å²) in [7, 11) is 0. The van der Waals surface area contributed by atoms with Crippen molar-refractivity contribution in [1.29, 1.82) is 0 Å². The molecule has 0 spiro atoms. The summed E-state index contributed by atoms with van der Waals surface area (Å²) >= 11 is 1.77. The number of nitrogens with zero attached hydrogens (tertiary/aromatic N) is 1. The maximum atomic E-state index is 11.6. The Kier molecular flexibility index (Phi) is 4.06. The van der Waals surface area contributed by atoms with Crippen LogP contribution in [0, 0.1) is 0 Å². The number of carbonyl (C=O) groups excluding carboxylic acids is 1. The van der Waals surface area contributed by atoms with Crippen LogP contribution in [0.3, 0.4) is 0 Å². The Bertz CT molecular complexity index is 186. The molecule has 0 aromatic heterocycles. The lowest BCUT2D eigenvalue weighted by atomic mass is 10.0. The van der Waals surface area contributed by atoms with E-state index in [1.54, 1.807) is 11.8 Å². The van der Waals surface area contributed by atoms with Crippen LogP contribution in [0.25, 0.3) is 0 Å². The summed E-state index contributed by atoms with van der Waals surface area (Å²) in [4.78, 5) is 13.6. The molecule has 1 aliphatic heterocycles. The quantitative estimate of drug-likeness (QED) is 0.732. The molecule has 2 atom stereocenters. The number of hydrogen-bond acceptors (Lipinski definition) is 3. The molecule has 1 saturated heterocycles. The van der Waals surface area contributed by atoms with Gasteiger partial charge in [0, 0.05) is 18.3 Å². The van der Waals surface area contributed by atoms with E-state index in [4.69, 9.17) is 5.73 Å². The van der Waals surface area contributed by atoms with Crippen LogP contribution in [0.15, 0.2) is 0 Å². The lowest BCUT2D eigenvalue weighted by Crippen LogP contribution is -2.52. The molecule has 0 saturated carbocycles. The van der Waals surface area contributed by atoms with Crippen LogP contribution in [0.2, 0.25) is 0 Å². The lowest BCUT2D eigenvalue weighted by Gasteiger charge is -2.35. The molecule has 13 heavy (non-hydrogen) atoms. The fourth-order valence-electron chi connectivity index (χ4n) is 1.70. The minimum atomic E-state index is -0.252. The first-order valence-corrected chi connectivity index (χ1v) is 6.11. The average Bonchev–Trinajstić information content (AvgIpc) is 2.10. The Morgan fingerprint density at radius 1 is 1.77 bits per heavy atom. The van der Waals surface area contributed by atoms with E-state index in [0.717, 1.165) is 25.1 Å². The number of hydrogen-bond donors (Lipinski definition) is 1. The fraction of sp³-hybridized carbons (Fsp3) is 0.889. The van der Waals surface area contributed by atoms with Crippen LogP contribution in [0.1, 0.15) is 19.8 Å². The maximum Gasteiger partial charge on any atom is 0.239 e. The molecule has 76 valence electrons. The van der Waals surface area contributed by atoms with E-state index in [2.05, 4.69) is 13.2 Å². The summed E-state index contributed by atoms with van der Waals surface area (Å²) in [5, 5.41) is 0. The van der Waals surface area contributed by atoms with Crippen LogP contribution < -0.4 is 5.73 Å². The molecule has 4 heteroatoms. The second-order valence-electron chi connectivity index (χ2n) is 3.58. The van der Waals surface area contributed by atoms with Crippen molar-refractivity contribution in [3.05, 3.63) is 0 Å². The zero-order chi connectivity index (χ0) is 9.84. The minimum absolute atomic E-state index is 0.132. The second kappa shape index (κ2) is 4.86. The van der Waals surface area contributed by atoms with Gasteiger partial charge in [0.2, 0.25) is 5.91 Å². The van der Waals surface area contributed by atoms with E-state index in [1.807, 2.05) is 4.90 Å². The molecule has 1 fully saturated rings. The Hall–Kier alpha value is -0.220. The molecular weight excluding hydrogens is 184 g/mol. The van der Waals surface area contributed by atoms with E-state index >= 15 is 0 Å². The smallest absolute Gasteiger partial charge is 0.239 e. The maximum absolute atomic E-state index is 11.6. The predicted octanol–water partition coefficient (Wildman–Crippen LogP) is 0.688. The Labute approximate surface area is 84.0 Å². The van der Waals surface area contributed by atoms with Gasteiger partial charge >= 0.3 is 0 Å². The van der Waals surface area contributed by atoms with Gasteiger partial charge in [-0.2, -0.15) is 11.8 Å². The second-order valence-corrected chi connectivity index (χ2v) is 4.50. The van der Waals surface area contributed by atoms with Gasteiger partial charge in [0.05, 0.1) is 6.04 Å². The van der Waals surface area contributed by atoms with E-state index in [1.165, 1.54) is 0 Å². The van der Waals surface area contributed by atoms with Crippen molar-refractivity contribution < 1.29 is 4.79 Å². The summed E-state index contributed by atoms with van der Waals surface area (Å²) in [5.41, 5.74) is 5.70. The summed E-state index contributed by atoms with van der Waals surface area (Å²) in [5.74, 6) is 1.13. The van der Waals surface area contributed by atoms with Gasteiger partial charge in [-0.3, -0.25) is 4.79 Å². The van der Waals surface area contributed by atoms with E-state index in [0.29, 0.717) is 6.04 Å². The van der Waals surface area contributed by atoms with E-state index < -0.39 is 0 Å². The van der Waals surface area contributed by atoms with Crippen molar-refractivity contribution >= 4 is 17.7 Å². The van der Waals surface area contributed by atoms with Crippen molar-refractivity contribution in [3.63, 3.8) is 0 Å². The average molecular weight is 202 g/mol. The molecule has 0 radical (unpaired) electrons. The van der Waals surface area contributed by atoms with Crippen molar-refractivity contribution in [1.82, 2.24) is 4.90 Å². The standard InChI is InChI=1S/C9H18N2OS/c1-7(6-13-2)11-5-3-4-8(10)9(11)12/h7-8H,3-6,10H2,1-2H3. The molecule has 1 heterocycles. The third kappa shape index (κ3) is 2.61. The Morgan fingerprint density at radius 3 is 3.08 bits per heavy atom. The van der Waals surface area contributed by atoms with Gasteiger partial charge in [0.15, 0.2) is 0 Å². The molecule has 1 aliphatic rings. The number of amides is 1. The first-order valence-electron chi connectivity index (χ1n) is 4.71. The molecule has 2 N–H and O–H groups in total. The van der Waals surface area contributed by atoms with Gasteiger partial charge in [-0.15, -0.1) is 0 Å². The number of thioether (sulfide) groups is 1. The van der Waals surface area contributed by atoms with Crippen LogP contribution >= 0.6 is 11.8 Å². The zero-order valence-corrected chi connectivity index (χ0v) is 9.14. The third-order valence-electron chi connectivity index (χ3n) is 2.45. The van der Waals surface area contributed by atoms with Gasteiger partial charge in [-0.05, 0) is 26.0 Å². The molecule has 0 bridgehead atoms. The number of piperidine rings is 1. The first kappa shape index (κ1) is 10.9. The van der Waals surface area contributed by atoms with Crippen LogP contribution in [-0.2, 0) is 4.79 Å². The van der Waals surface area contributed by atoms with Crippen LogP contribution in [0.5, 0.6) is 0 Å². The highest BCUT2D eigenvalue weighted by atomic mass is 32.2. The van der Waals surface area contributed by atoms with Crippen LogP contribution in [-0.4, -0.2) is 41.4 Å². The van der Waals surface area contributed by atoms with Crippen molar-refractivity contribution in [2.75, 3.05) is 18.6 Å². The normalized spacial score (nSPS) is 26.2. The number of carbonyl (C=O) groups is 1. The molecular formula is C9H18N2OS. The summed E-state index contributed by atoms with van der Waals surface area (Å²) < 4.78 is 0. The van der Waals surface area contributed by atoms with Crippen molar-refractivity contribution in [2.45, 2.75) is 31.8 Å². The molecule has 1 amide bonds. The molecule has 1 rings (SSSR count). The SMILES string of the molecule is CSCC(C)N1CCCC(N)C1=O. The molecule has 2 unspecified atom stereocenters. The topological polar surface area (TPSA) is 46.3 Å². The summed E-state index contributed by atoms with van der Waals surface area (Å²) in [6, 6.07) is 0.0758. The first-order chi connectivity index (χ1) is 6.16. The van der Waals surface area contributed by atoms with E-state index in [-0.39, 0.29) is 11.9 Å².